The molecule has 0 fully saturated rings. The topological polar surface area (TPSA) is 61.5 Å². The van der Waals surface area contributed by atoms with Crippen molar-refractivity contribution in [2.45, 2.75) is 25.9 Å². The quantitative estimate of drug-likeness (QED) is 0.695. The van der Waals surface area contributed by atoms with Gasteiger partial charge in [0.15, 0.2) is 0 Å². The Morgan fingerprint density at radius 3 is 2.65 bits per heavy atom. The van der Waals surface area contributed by atoms with Crippen LogP contribution in [-0.4, -0.2) is 13.1 Å². The SMILES string of the molecule is COC(=O)c1ccc(COc2cc3c(cc2N)CCC3)cc1F. The molecule has 0 amide bonds. The largest absolute Gasteiger partial charge is 0.487 e. The molecule has 0 radical (unpaired) electrons. The first-order valence-electron chi connectivity index (χ1n) is 7.49. The molecule has 0 saturated heterocycles. The summed E-state index contributed by atoms with van der Waals surface area (Å²) in [6.07, 6.45) is 3.23. The number of ether oxygens (including phenoxy) is 2. The zero-order valence-corrected chi connectivity index (χ0v) is 12.9. The molecule has 5 heteroatoms. The van der Waals surface area contributed by atoms with Gasteiger partial charge in [-0.2, -0.15) is 0 Å². The van der Waals surface area contributed by atoms with E-state index in [0.29, 0.717) is 17.0 Å². The van der Waals surface area contributed by atoms with Gasteiger partial charge in [-0.15, -0.1) is 0 Å². The average Bonchev–Trinajstić information content (AvgIpc) is 2.99. The number of aryl methyl sites for hydroxylation is 2. The van der Waals surface area contributed by atoms with Crippen molar-refractivity contribution in [1.82, 2.24) is 0 Å². The second-order valence-electron chi connectivity index (χ2n) is 5.61. The van der Waals surface area contributed by atoms with E-state index in [1.807, 2.05) is 12.1 Å². The molecule has 0 saturated carbocycles. The molecule has 1 aliphatic rings. The average molecular weight is 315 g/mol. The van der Waals surface area contributed by atoms with Crippen molar-refractivity contribution in [2.75, 3.05) is 12.8 Å². The highest BCUT2D eigenvalue weighted by atomic mass is 19.1. The predicted molar refractivity (Wildman–Crippen MR) is 85.0 cm³/mol. The number of nitrogens with two attached hydrogens (primary N) is 1. The molecule has 0 unspecified atom stereocenters. The number of carbonyl (C=O) groups excluding carboxylic acids is 1. The molecule has 2 N–H and O–H groups in total. The van der Waals surface area contributed by atoms with E-state index < -0.39 is 11.8 Å². The minimum Gasteiger partial charge on any atom is -0.487 e. The van der Waals surface area contributed by atoms with Crippen LogP contribution in [0.25, 0.3) is 0 Å². The summed E-state index contributed by atoms with van der Waals surface area (Å²) in [6.45, 7) is 0.182. The summed E-state index contributed by atoms with van der Waals surface area (Å²) in [4.78, 5) is 11.4. The summed E-state index contributed by atoms with van der Waals surface area (Å²) in [5.41, 5.74) is 9.68. The van der Waals surface area contributed by atoms with Crippen molar-refractivity contribution in [2.24, 2.45) is 0 Å². The number of esters is 1. The Balaban J connectivity index is 1.74. The number of fused-ring (bicyclic) bond motifs is 1. The lowest BCUT2D eigenvalue weighted by atomic mass is 10.1. The zero-order valence-electron chi connectivity index (χ0n) is 12.9. The summed E-state index contributed by atoms with van der Waals surface area (Å²) in [6, 6.07) is 8.23. The monoisotopic (exact) mass is 315 g/mol. The van der Waals surface area contributed by atoms with E-state index >= 15 is 0 Å². The van der Waals surface area contributed by atoms with Gasteiger partial charge in [-0.3, -0.25) is 0 Å². The molecule has 0 spiro atoms. The van der Waals surface area contributed by atoms with E-state index in [-0.39, 0.29) is 12.2 Å². The van der Waals surface area contributed by atoms with E-state index in [9.17, 15) is 9.18 Å². The molecule has 2 aromatic carbocycles. The van der Waals surface area contributed by atoms with Crippen LogP contribution in [0.2, 0.25) is 0 Å². The molecule has 1 aliphatic carbocycles. The summed E-state index contributed by atoms with van der Waals surface area (Å²) in [5, 5.41) is 0. The van der Waals surface area contributed by atoms with E-state index in [4.69, 9.17) is 10.5 Å². The van der Waals surface area contributed by atoms with Gasteiger partial charge in [0.05, 0.1) is 18.4 Å². The van der Waals surface area contributed by atoms with Gasteiger partial charge < -0.3 is 15.2 Å². The Bertz CT molecular complexity index is 758. The van der Waals surface area contributed by atoms with E-state index in [1.165, 1.54) is 30.4 Å². The predicted octanol–water partition coefficient (Wildman–Crippen LogP) is 3.26. The molecule has 0 aliphatic heterocycles. The number of carbonyl (C=O) groups is 1. The Kier molecular flexibility index (Phi) is 4.19. The minimum absolute atomic E-state index is 0.0895. The van der Waals surface area contributed by atoms with E-state index in [1.54, 1.807) is 6.07 Å². The molecule has 0 atom stereocenters. The van der Waals surface area contributed by atoms with Crippen LogP contribution in [0.3, 0.4) is 0 Å². The van der Waals surface area contributed by atoms with Gasteiger partial charge in [0, 0.05) is 0 Å². The first kappa shape index (κ1) is 15.3. The molecular weight excluding hydrogens is 297 g/mol. The van der Waals surface area contributed by atoms with Crippen LogP contribution >= 0.6 is 0 Å². The smallest absolute Gasteiger partial charge is 0.340 e. The van der Waals surface area contributed by atoms with Gasteiger partial charge in [-0.1, -0.05) is 6.07 Å². The Hall–Kier alpha value is -2.56. The number of methoxy groups -OCH3 is 1. The summed E-state index contributed by atoms with van der Waals surface area (Å²) < 4.78 is 24.1. The number of benzene rings is 2. The zero-order chi connectivity index (χ0) is 16.4. The van der Waals surface area contributed by atoms with Crippen molar-refractivity contribution in [1.29, 1.82) is 0 Å². The number of nitrogen functional groups attached to an aromatic ring is 1. The third kappa shape index (κ3) is 3.13. The molecule has 0 heterocycles. The highest BCUT2D eigenvalue weighted by molar-refractivity contribution is 5.89. The van der Waals surface area contributed by atoms with Crippen molar-refractivity contribution in [3.63, 3.8) is 0 Å². The highest BCUT2D eigenvalue weighted by Gasteiger charge is 2.15. The molecule has 4 nitrogen and oxygen atoms in total. The van der Waals surface area contributed by atoms with Crippen molar-refractivity contribution in [3.8, 4) is 5.75 Å². The minimum atomic E-state index is -0.696. The maximum Gasteiger partial charge on any atom is 0.340 e. The first-order chi connectivity index (χ1) is 11.1. The maximum absolute atomic E-state index is 13.9. The van der Waals surface area contributed by atoms with Crippen LogP contribution in [0.1, 0.15) is 33.5 Å². The summed E-state index contributed by atoms with van der Waals surface area (Å²) in [7, 11) is 1.22. The third-order valence-corrected chi connectivity index (χ3v) is 4.06. The maximum atomic E-state index is 13.9. The Morgan fingerprint density at radius 1 is 1.22 bits per heavy atom. The second kappa shape index (κ2) is 6.28. The van der Waals surface area contributed by atoms with Crippen LogP contribution in [-0.2, 0) is 24.2 Å². The van der Waals surface area contributed by atoms with Gasteiger partial charge in [0.2, 0.25) is 0 Å². The lowest BCUT2D eigenvalue weighted by Crippen LogP contribution is -2.06. The second-order valence-corrected chi connectivity index (χ2v) is 5.61. The van der Waals surface area contributed by atoms with Crippen LogP contribution in [0.5, 0.6) is 5.75 Å². The van der Waals surface area contributed by atoms with Crippen LogP contribution in [0.15, 0.2) is 30.3 Å². The van der Waals surface area contributed by atoms with Gasteiger partial charge in [-0.25, -0.2) is 9.18 Å². The molecule has 3 rings (SSSR count). The highest BCUT2D eigenvalue weighted by Crippen LogP contribution is 2.32. The fraction of sp³-hybridized carbons (Fsp3) is 0.278. The molecule has 0 bridgehead atoms. The van der Waals surface area contributed by atoms with E-state index in [0.717, 1.165) is 19.3 Å². The van der Waals surface area contributed by atoms with Gasteiger partial charge in [0.1, 0.15) is 18.2 Å². The van der Waals surface area contributed by atoms with Gasteiger partial charge >= 0.3 is 5.97 Å². The molecule has 120 valence electrons. The third-order valence-electron chi connectivity index (χ3n) is 4.06. The molecular formula is C18H18FNO3. The van der Waals surface area contributed by atoms with Gasteiger partial charge in [0.25, 0.3) is 0 Å². The number of hydrogen-bond acceptors (Lipinski definition) is 4. The number of hydrogen-bond donors (Lipinski definition) is 1. The standard InChI is InChI=1S/C18H18FNO3/c1-22-18(21)14-6-5-11(7-15(14)19)10-23-17-9-13-4-2-3-12(13)8-16(17)20/h5-9H,2-4,10,20H2,1H3. The van der Waals surface area contributed by atoms with Gasteiger partial charge in [-0.05, 0) is 60.2 Å². The lowest BCUT2D eigenvalue weighted by molar-refractivity contribution is 0.0595. The van der Waals surface area contributed by atoms with Crippen molar-refractivity contribution < 1.29 is 18.7 Å². The molecule has 2 aromatic rings. The van der Waals surface area contributed by atoms with Crippen molar-refractivity contribution >= 4 is 11.7 Å². The normalized spacial score (nSPS) is 12.8. The van der Waals surface area contributed by atoms with Crippen LogP contribution < -0.4 is 10.5 Å². The fourth-order valence-electron chi connectivity index (χ4n) is 2.83. The first-order valence-corrected chi connectivity index (χ1v) is 7.49. The van der Waals surface area contributed by atoms with E-state index in [2.05, 4.69) is 4.74 Å². The number of anilines is 1. The number of halogens is 1. The molecule has 0 aromatic heterocycles. The number of rotatable bonds is 4. The molecule has 23 heavy (non-hydrogen) atoms. The Labute approximate surface area is 134 Å². The fourth-order valence-corrected chi connectivity index (χ4v) is 2.83. The Morgan fingerprint density at radius 2 is 1.96 bits per heavy atom. The lowest BCUT2D eigenvalue weighted by Gasteiger charge is -2.12. The van der Waals surface area contributed by atoms with Crippen LogP contribution in [0, 0.1) is 5.82 Å². The van der Waals surface area contributed by atoms with Crippen molar-refractivity contribution in [3.05, 3.63) is 58.4 Å². The summed E-state index contributed by atoms with van der Waals surface area (Å²) in [5.74, 6) is -0.708. The summed E-state index contributed by atoms with van der Waals surface area (Å²) >= 11 is 0. The van der Waals surface area contributed by atoms with Crippen LogP contribution in [0.4, 0.5) is 10.1 Å².